The molecule has 2 N–H and O–H groups in total. The highest BCUT2D eigenvalue weighted by molar-refractivity contribution is 5.73. The molecule has 0 amide bonds. The Morgan fingerprint density at radius 2 is 0.917 bits per heavy atom. The summed E-state index contributed by atoms with van der Waals surface area (Å²) in [6.45, 7) is 9.69. The van der Waals surface area contributed by atoms with E-state index in [0.717, 1.165) is 114 Å². The molecule has 8 fully saturated rings. The van der Waals surface area contributed by atoms with Gasteiger partial charge in [0.25, 0.3) is 0 Å². The lowest BCUT2D eigenvalue weighted by Gasteiger charge is -2.61. The molecule has 6 heteroatoms. The van der Waals surface area contributed by atoms with Gasteiger partial charge in [-0.2, -0.15) is 0 Å². The Hall–Kier alpha value is -3.06. The van der Waals surface area contributed by atoms with E-state index in [1.54, 1.807) is 12.2 Å². The number of benzene rings is 1. The monoisotopic (exact) mass is 815 g/mol. The van der Waals surface area contributed by atoms with Crippen molar-refractivity contribution in [2.24, 2.45) is 69.0 Å². The normalized spacial score (nSPS) is 49.5. The molecule has 16 rings (SSSR count). The summed E-state index contributed by atoms with van der Waals surface area (Å²) in [5.74, 6) is 17.8. The molecule has 0 aromatic heterocycles. The van der Waals surface area contributed by atoms with Gasteiger partial charge in [-0.15, -0.1) is 0 Å². The Labute approximate surface area is 359 Å². The van der Waals surface area contributed by atoms with Gasteiger partial charge in [0.05, 0.1) is 12.8 Å². The molecule has 0 saturated heterocycles. The van der Waals surface area contributed by atoms with E-state index in [-0.39, 0.29) is 58.6 Å². The summed E-state index contributed by atoms with van der Waals surface area (Å²) in [6.07, 6.45) is 22.1. The van der Waals surface area contributed by atoms with Gasteiger partial charge in [0.15, 0.2) is 0 Å². The lowest BCUT2D eigenvalue weighted by atomic mass is 9.44. The van der Waals surface area contributed by atoms with E-state index in [4.69, 9.17) is 9.47 Å². The number of carbonyl (C=O) groups is 2. The molecule has 8 aliphatic carbocycles. The van der Waals surface area contributed by atoms with Crippen molar-refractivity contribution in [1.29, 1.82) is 0 Å². The molecule has 6 nitrogen and oxygen atoms in total. The molecule has 0 unspecified atom stereocenters. The Morgan fingerprint density at radius 1 is 0.517 bits per heavy atom. The largest absolute Gasteiger partial charge is 0.462 e. The smallest absolute Gasteiger partial charge is 0.309 e. The van der Waals surface area contributed by atoms with E-state index >= 15 is 0 Å². The average Bonchev–Trinajstić information content (AvgIpc) is 3.66. The highest BCUT2D eigenvalue weighted by atomic mass is 16.5. The van der Waals surface area contributed by atoms with Gasteiger partial charge in [-0.3, -0.25) is 9.59 Å². The Balaban J connectivity index is 0.908. The van der Waals surface area contributed by atoms with Crippen molar-refractivity contribution in [2.45, 2.75) is 180 Å². The van der Waals surface area contributed by atoms with Crippen molar-refractivity contribution in [1.82, 2.24) is 0 Å². The molecule has 7 heterocycles. The summed E-state index contributed by atoms with van der Waals surface area (Å²) in [5, 5.41) is 24.7. The van der Waals surface area contributed by atoms with Crippen LogP contribution in [0.25, 0.3) is 0 Å². The zero-order chi connectivity index (χ0) is 41.7. The third-order valence-corrected chi connectivity index (χ3v) is 20.6. The van der Waals surface area contributed by atoms with Crippen LogP contribution in [-0.4, -0.2) is 45.6 Å². The molecule has 16 atom stereocenters. The topological polar surface area (TPSA) is 93.1 Å². The minimum Gasteiger partial charge on any atom is -0.462 e. The zero-order valence-electron chi connectivity index (χ0n) is 36.9. The summed E-state index contributed by atoms with van der Waals surface area (Å²) in [6, 6.07) is 8.14. The van der Waals surface area contributed by atoms with Gasteiger partial charge < -0.3 is 19.7 Å². The molecular weight excluding hydrogens is 745 g/mol. The van der Waals surface area contributed by atoms with Crippen LogP contribution in [0.4, 0.5) is 0 Å². The summed E-state index contributed by atoms with van der Waals surface area (Å²) < 4.78 is 12.2. The fourth-order valence-electron chi connectivity index (χ4n) is 16.9. The van der Waals surface area contributed by atoms with Crippen molar-refractivity contribution in [3.8, 4) is 23.7 Å². The summed E-state index contributed by atoms with van der Waals surface area (Å²) in [5.41, 5.74) is -0.237. The van der Waals surface area contributed by atoms with Crippen LogP contribution in [0.5, 0.6) is 0 Å². The molecular formula is C54H70O6. The van der Waals surface area contributed by atoms with Crippen LogP contribution in [-0.2, 0) is 19.1 Å². The maximum absolute atomic E-state index is 13.1. The number of carbonyl (C=O) groups excluding carboxylic acids is 2. The maximum atomic E-state index is 13.1. The lowest BCUT2D eigenvalue weighted by molar-refractivity contribution is -0.166. The molecule has 7 aliphatic heterocycles. The number of ether oxygens (including phenoxy) is 2. The molecule has 1 aromatic rings. The van der Waals surface area contributed by atoms with Crippen LogP contribution in [0.3, 0.4) is 0 Å². The molecule has 1 aromatic carbocycles. The van der Waals surface area contributed by atoms with E-state index < -0.39 is 11.2 Å². The third-order valence-electron chi connectivity index (χ3n) is 20.6. The maximum Gasteiger partial charge on any atom is 0.309 e. The second kappa shape index (κ2) is 14.8. The average molecular weight is 815 g/mol. The van der Waals surface area contributed by atoms with Crippen molar-refractivity contribution in [3.63, 3.8) is 0 Å². The number of rotatable bonds is 0. The minimum atomic E-state index is -1.01. The first-order valence-corrected chi connectivity index (χ1v) is 24.3. The second-order valence-corrected chi connectivity index (χ2v) is 22.8. The zero-order valence-corrected chi connectivity index (χ0v) is 36.9. The number of fused-ring (bicyclic) bond motifs is 2. The van der Waals surface area contributed by atoms with Gasteiger partial charge in [0.1, 0.15) is 23.4 Å². The molecule has 0 spiro atoms. The van der Waals surface area contributed by atoms with E-state index in [2.05, 4.69) is 51.4 Å². The fraction of sp³-hybridized carbons (Fsp3) is 0.741. The SMILES string of the molecule is C[C@]12CC[C@@H]3C[C@H]1CC[C@@H]1[C@@H]2CC[C@@]2(C)[C@H]1CC[C@@]2(O)C#Cc1ccc(cc1)C#C[C@]1(O)CC[C@H]2[C@@H]4CC[C@@H]5C[C@@H](CC[C@]5(C)[C@H]4CC[C@@]21C)OC(=O)CC=CCC(=O)O3. The van der Waals surface area contributed by atoms with Crippen molar-refractivity contribution >= 4 is 11.9 Å². The van der Waals surface area contributed by atoms with E-state index in [1.807, 2.05) is 24.3 Å². The first-order chi connectivity index (χ1) is 28.7. The Kier molecular flexibility index (Phi) is 10.1. The number of hydrogen-bond donors (Lipinski definition) is 2. The quantitative estimate of drug-likeness (QED) is 0.154. The minimum absolute atomic E-state index is 0.0401. The molecule has 8 saturated carbocycles. The summed E-state index contributed by atoms with van der Waals surface area (Å²) >= 11 is 0. The fourth-order valence-corrected chi connectivity index (χ4v) is 16.9. The molecule has 60 heavy (non-hydrogen) atoms. The molecule has 18 bridgehead atoms. The molecule has 0 radical (unpaired) electrons. The molecule has 322 valence electrons. The van der Waals surface area contributed by atoms with Crippen LogP contribution >= 0.6 is 0 Å². The summed E-state index contributed by atoms with van der Waals surface area (Å²) in [4.78, 5) is 26.1. The second-order valence-electron chi connectivity index (χ2n) is 22.8. The first-order valence-electron chi connectivity index (χ1n) is 24.3. The van der Waals surface area contributed by atoms with Gasteiger partial charge in [-0.1, -0.05) is 63.5 Å². The predicted octanol–water partition coefficient (Wildman–Crippen LogP) is 10.1. The highest BCUT2D eigenvalue weighted by Gasteiger charge is 2.66. The Morgan fingerprint density at radius 3 is 1.33 bits per heavy atom. The van der Waals surface area contributed by atoms with Crippen molar-refractivity contribution < 1.29 is 29.3 Å². The standard InChI is InChI=1S/C54H70O6/c1-49-25-19-39-33-37(49)13-15-41-43(49)21-27-51(3)45(41)23-31-53(51,57)29-17-35-9-11-36(12-10-35)18-30-54(58)32-24-46-42-16-14-38-34-40(60-48(56)8-6-5-7-47(55)59-39)20-26-50(38,2)44(42)22-28-52(46,54)4/h5-6,9-12,37-46,57-58H,7-8,13-16,19-28,31-34H2,1-4H3/t37-,38-,39-,40-,41-,42-,43+,44+,45+,46+,49+,50+,51+,52+,53+,54+/m1/s1. The van der Waals surface area contributed by atoms with Gasteiger partial charge in [-0.05, 0) is 198 Å². The molecule has 15 aliphatic rings. The van der Waals surface area contributed by atoms with Crippen molar-refractivity contribution in [2.75, 3.05) is 0 Å². The number of aliphatic hydroxyl groups is 2. The van der Waals surface area contributed by atoms with Gasteiger partial charge in [-0.25, -0.2) is 0 Å². The van der Waals surface area contributed by atoms with E-state index in [1.165, 1.54) is 12.8 Å². The van der Waals surface area contributed by atoms with Gasteiger partial charge >= 0.3 is 11.9 Å². The van der Waals surface area contributed by atoms with E-state index in [9.17, 15) is 19.8 Å². The van der Waals surface area contributed by atoms with Crippen LogP contribution in [0, 0.1) is 92.7 Å². The van der Waals surface area contributed by atoms with Gasteiger partial charge in [0, 0.05) is 22.0 Å². The van der Waals surface area contributed by atoms with Crippen LogP contribution < -0.4 is 0 Å². The third kappa shape index (κ3) is 6.41. The van der Waals surface area contributed by atoms with E-state index in [0.29, 0.717) is 47.3 Å². The van der Waals surface area contributed by atoms with Crippen molar-refractivity contribution in [3.05, 3.63) is 47.5 Å². The van der Waals surface area contributed by atoms with Crippen LogP contribution in [0.2, 0.25) is 0 Å². The first kappa shape index (κ1) is 41.0. The number of hydrogen-bond acceptors (Lipinski definition) is 6. The van der Waals surface area contributed by atoms with Crippen LogP contribution in [0.15, 0.2) is 36.4 Å². The number of esters is 2. The highest BCUT2D eigenvalue weighted by Crippen LogP contribution is 2.70. The predicted molar refractivity (Wildman–Crippen MR) is 232 cm³/mol. The lowest BCUT2D eigenvalue weighted by Crippen LogP contribution is -2.56. The van der Waals surface area contributed by atoms with Gasteiger partial charge in [0.2, 0.25) is 0 Å². The Bertz CT molecular complexity index is 1890. The van der Waals surface area contributed by atoms with Crippen LogP contribution in [0.1, 0.15) is 167 Å². The summed E-state index contributed by atoms with van der Waals surface area (Å²) in [7, 11) is 0.